The summed E-state index contributed by atoms with van der Waals surface area (Å²) in [5.41, 5.74) is 4.96. The fourth-order valence-electron chi connectivity index (χ4n) is 3.33. The van der Waals surface area contributed by atoms with Crippen molar-refractivity contribution in [2.75, 3.05) is 19.7 Å². The molecule has 25 heavy (non-hydrogen) atoms. The third-order valence-corrected chi connectivity index (χ3v) is 4.55. The lowest BCUT2D eigenvalue weighted by Crippen LogP contribution is -2.29. The van der Waals surface area contributed by atoms with Crippen LogP contribution in [0.5, 0.6) is 5.88 Å². The SMILES string of the molecule is Cc1cc(OCCN2CCCC2=O)nc(C)c1-c1cccc(CO)c1. The van der Waals surface area contributed by atoms with Gasteiger partial charge in [-0.15, -0.1) is 0 Å². The molecule has 1 aromatic heterocycles. The average Bonchev–Trinajstić information content (AvgIpc) is 3.00. The Bertz CT molecular complexity index is 750. The molecule has 0 spiro atoms. The number of rotatable bonds is 6. The van der Waals surface area contributed by atoms with Crippen LogP contribution in [-0.4, -0.2) is 40.6 Å². The van der Waals surface area contributed by atoms with Crippen LogP contribution < -0.4 is 4.74 Å². The first-order valence-corrected chi connectivity index (χ1v) is 8.67. The Hall–Kier alpha value is -2.40. The highest BCUT2D eigenvalue weighted by Crippen LogP contribution is 2.29. The predicted octanol–water partition coefficient (Wildman–Crippen LogP) is 2.86. The highest BCUT2D eigenvalue weighted by molar-refractivity contribution is 5.78. The second kappa shape index (κ2) is 7.66. The van der Waals surface area contributed by atoms with Crippen molar-refractivity contribution in [2.45, 2.75) is 33.3 Å². The van der Waals surface area contributed by atoms with Crippen LogP contribution in [0.3, 0.4) is 0 Å². The third kappa shape index (κ3) is 3.99. The number of aliphatic hydroxyl groups is 1. The number of benzene rings is 1. The van der Waals surface area contributed by atoms with Crippen molar-refractivity contribution in [1.29, 1.82) is 0 Å². The van der Waals surface area contributed by atoms with Gasteiger partial charge in [0.2, 0.25) is 11.8 Å². The number of carbonyl (C=O) groups is 1. The maximum Gasteiger partial charge on any atom is 0.222 e. The van der Waals surface area contributed by atoms with Crippen LogP contribution in [0.2, 0.25) is 0 Å². The van der Waals surface area contributed by atoms with Crippen LogP contribution in [-0.2, 0) is 11.4 Å². The number of carbonyl (C=O) groups excluding carboxylic acids is 1. The maximum atomic E-state index is 11.6. The minimum atomic E-state index is 0.0236. The number of amides is 1. The van der Waals surface area contributed by atoms with E-state index < -0.39 is 0 Å². The molecule has 1 N–H and O–H groups in total. The lowest BCUT2D eigenvalue weighted by Gasteiger charge is -2.17. The van der Waals surface area contributed by atoms with Gasteiger partial charge in [-0.05, 0) is 43.0 Å². The van der Waals surface area contributed by atoms with E-state index in [1.165, 1.54) is 0 Å². The van der Waals surface area contributed by atoms with Crippen LogP contribution in [0.15, 0.2) is 30.3 Å². The Labute approximate surface area is 148 Å². The quantitative estimate of drug-likeness (QED) is 0.878. The second-order valence-corrected chi connectivity index (χ2v) is 6.43. The number of likely N-dealkylation sites (tertiary alicyclic amines) is 1. The largest absolute Gasteiger partial charge is 0.476 e. The van der Waals surface area contributed by atoms with Crippen molar-refractivity contribution in [3.63, 3.8) is 0 Å². The summed E-state index contributed by atoms with van der Waals surface area (Å²) in [4.78, 5) is 18.0. The van der Waals surface area contributed by atoms with Gasteiger partial charge < -0.3 is 14.7 Å². The van der Waals surface area contributed by atoms with Crippen molar-refractivity contribution in [1.82, 2.24) is 9.88 Å². The molecular weight excluding hydrogens is 316 g/mol. The van der Waals surface area contributed by atoms with Crippen molar-refractivity contribution < 1.29 is 14.6 Å². The summed E-state index contributed by atoms with van der Waals surface area (Å²) in [5.74, 6) is 0.798. The summed E-state index contributed by atoms with van der Waals surface area (Å²) in [6, 6.07) is 9.78. The summed E-state index contributed by atoms with van der Waals surface area (Å²) in [5, 5.41) is 9.33. The van der Waals surface area contributed by atoms with E-state index in [4.69, 9.17) is 4.74 Å². The molecule has 0 bridgehead atoms. The molecule has 3 rings (SSSR count). The summed E-state index contributed by atoms with van der Waals surface area (Å²) in [6.45, 7) is 5.91. The molecule has 0 aliphatic carbocycles. The van der Waals surface area contributed by atoms with Crippen LogP contribution >= 0.6 is 0 Å². The van der Waals surface area contributed by atoms with Crippen molar-refractivity contribution >= 4 is 5.91 Å². The smallest absolute Gasteiger partial charge is 0.222 e. The molecule has 1 saturated heterocycles. The highest BCUT2D eigenvalue weighted by atomic mass is 16.5. The molecule has 2 aromatic rings. The number of hydrogen-bond acceptors (Lipinski definition) is 4. The Morgan fingerprint density at radius 2 is 2.12 bits per heavy atom. The molecule has 5 nitrogen and oxygen atoms in total. The number of hydrogen-bond donors (Lipinski definition) is 1. The molecule has 132 valence electrons. The Morgan fingerprint density at radius 3 is 2.80 bits per heavy atom. The molecule has 1 aliphatic rings. The average molecular weight is 340 g/mol. The first-order valence-electron chi connectivity index (χ1n) is 8.67. The van der Waals surface area contributed by atoms with E-state index in [0.29, 0.717) is 25.5 Å². The minimum absolute atomic E-state index is 0.0236. The monoisotopic (exact) mass is 340 g/mol. The lowest BCUT2D eigenvalue weighted by atomic mass is 9.98. The normalized spacial score (nSPS) is 14.2. The lowest BCUT2D eigenvalue weighted by molar-refractivity contribution is -0.128. The standard InChI is InChI=1S/C20H24N2O3/c1-14-11-18(25-10-9-22-8-4-7-19(22)24)21-15(2)20(14)17-6-3-5-16(12-17)13-23/h3,5-6,11-12,23H,4,7-10,13H2,1-2H3. The van der Waals surface area contributed by atoms with E-state index in [2.05, 4.69) is 4.98 Å². The maximum absolute atomic E-state index is 11.6. The molecule has 1 fully saturated rings. The summed E-state index contributed by atoms with van der Waals surface area (Å²) < 4.78 is 5.77. The van der Waals surface area contributed by atoms with Crippen molar-refractivity contribution in [3.8, 4) is 17.0 Å². The number of ether oxygens (including phenoxy) is 1. The predicted molar refractivity (Wildman–Crippen MR) is 96.4 cm³/mol. The summed E-state index contributed by atoms with van der Waals surface area (Å²) >= 11 is 0. The van der Waals surface area contributed by atoms with E-state index in [0.717, 1.165) is 40.9 Å². The van der Waals surface area contributed by atoms with Gasteiger partial charge in [0.1, 0.15) is 6.61 Å². The van der Waals surface area contributed by atoms with Gasteiger partial charge in [-0.25, -0.2) is 4.98 Å². The minimum Gasteiger partial charge on any atom is -0.476 e. The van der Waals surface area contributed by atoms with Gasteiger partial charge in [-0.1, -0.05) is 18.2 Å². The zero-order chi connectivity index (χ0) is 17.8. The molecule has 0 unspecified atom stereocenters. The van der Waals surface area contributed by atoms with Crippen molar-refractivity contribution in [2.24, 2.45) is 0 Å². The molecular formula is C20H24N2O3. The fraction of sp³-hybridized carbons (Fsp3) is 0.400. The van der Waals surface area contributed by atoms with Crippen LogP contribution in [0.1, 0.15) is 29.7 Å². The number of nitrogens with zero attached hydrogens (tertiary/aromatic N) is 2. The first-order chi connectivity index (χ1) is 12.1. The van der Waals surface area contributed by atoms with Gasteiger partial charge in [-0.2, -0.15) is 0 Å². The van der Waals surface area contributed by atoms with Crippen LogP contribution in [0.25, 0.3) is 11.1 Å². The molecule has 0 radical (unpaired) electrons. The van der Waals surface area contributed by atoms with E-state index in [-0.39, 0.29) is 12.5 Å². The fourth-order valence-corrected chi connectivity index (χ4v) is 3.33. The highest BCUT2D eigenvalue weighted by Gasteiger charge is 2.19. The molecule has 1 aromatic carbocycles. The van der Waals surface area contributed by atoms with E-state index in [1.807, 2.05) is 49.1 Å². The van der Waals surface area contributed by atoms with Gasteiger partial charge >= 0.3 is 0 Å². The van der Waals surface area contributed by atoms with Gasteiger partial charge in [0.05, 0.1) is 13.2 Å². The van der Waals surface area contributed by atoms with E-state index in [9.17, 15) is 9.90 Å². The van der Waals surface area contributed by atoms with Crippen LogP contribution in [0, 0.1) is 13.8 Å². The Kier molecular flexibility index (Phi) is 5.34. The molecule has 0 saturated carbocycles. The Balaban J connectivity index is 1.72. The molecule has 2 heterocycles. The zero-order valence-electron chi connectivity index (χ0n) is 14.8. The van der Waals surface area contributed by atoms with E-state index in [1.54, 1.807) is 0 Å². The molecule has 1 amide bonds. The van der Waals surface area contributed by atoms with Gasteiger partial charge in [-0.3, -0.25) is 4.79 Å². The molecule has 0 atom stereocenters. The number of aliphatic hydroxyl groups excluding tert-OH is 1. The zero-order valence-corrected chi connectivity index (χ0v) is 14.8. The van der Waals surface area contributed by atoms with Gasteiger partial charge in [0, 0.05) is 30.3 Å². The molecule has 1 aliphatic heterocycles. The number of aryl methyl sites for hydroxylation is 2. The van der Waals surface area contributed by atoms with Gasteiger partial charge in [0.25, 0.3) is 0 Å². The van der Waals surface area contributed by atoms with Crippen molar-refractivity contribution in [3.05, 3.63) is 47.2 Å². The number of aromatic nitrogens is 1. The third-order valence-electron chi connectivity index (χ3n) is 4.55. The first kappa shape index (κ1) is 17.4. The Morgan fingerprint density at radius 1 is 1.28 bits per heavy atom. The number of pyridine rings is 1. The topological polar surface area (TPSA) is 62.7 Å². The summed E-state index contributed by atoms with van der Waals surface area (Å²) in [6.07, 6.45) is 1.59. The van der Waals surface area contributed by atoms with Crippen LogP contribution in [0.4, 0.5) is 0 Å². The summed E-state index contributed by atoms with van der Waals surface area (Å²) in [7, 11) is 0. The molecule has 5 heteroatoms. The second-order valence-electron chi connectivity index (χ2n) is 6.43. The van der Waals surface area contributed by atoms with Gasteiger partial charge in [0.15, 0.2) is 0 Å². The van der Waals surface area contributed by atoms with E-state index >= 15 is 0 Å².